The summed E-state index contributed by atoms with van der Waals surface area (Å²) in [5, 5.41) is 0. The zero-order chi connectivity index (χ0) is 30.4. The molecular formula is C38H56N4. The molecule has 3 aliphatic heterocycles. The van der Waals surface area contributed by atoms with Gasteiger partial charge in [-0.15, -0.1) is 0 Å². The van der Waals surface area contributed by atoms with Gasteiger partial charge < -0.3 is 4.90 Å². The molecule has 2 atom stereocenters. The van der Waals surface area contributed by atoms with Crippen molar-refractivity contribution in [3.8, 4) is 0 Å². The fourth-order valence-electron chi connectivity index (χ4n) is 6.13. The maximum Gasteiger partial charge on any atom is 0.137 e. The van der Waals surface area contributed by atoms with E-state index in [0.717, 1.165) is 56.0 Å². The molecule has 0 aromatic heterocycles. The lowest BCUT2D eigenvalue weighted by Gasteiger charge is -2.44. The van der Waals surface area contributed by atoms with E-state index in [4.69, 9.17) is 4.99 Å². The highest BCUT2D eigenvalue weighted by atomic mass is 15.3. The van der Waals surface area contributed by atoms with Gasteiger partial charge in [0.2, 0.25) is 0 Å². The van der Waals surface area contributed by atoms with Gasteiger partial charge in [-0.1, -0.05) is 43.7 Å². The van der Waals surface area contributed by atoms with Crippen molar-refractivity contribution in [2.45, 2.75) is 112 Å². The number of unbranched alkanes of at least 4 members (excludes halogenated alkanes) is 2. The third-order valence-electron chi connectivity index (χ3n) is 9.68. The predicted molar refractivity (Wildman–Crippen MR) is 182 cm³/mol. The fourth-order valence-corrected chi connectivity index (χ4v) is 6.13. The smallest absolute Gasteiger partial charge is 0.137 e. The summed E-state index contributed by atoms with van der Waals surface area (Å²) in [6, 6.07) is 1.14. The largest absolute Gasteiger partial charge is 0.367 e. The molecule has 0 aromatic rings. The topological polar surface area (TPSA) is 22.1 Å². The van der Waals surface area contributed by atoms with Gasteiger partial charge in [0, 0.05) is 43.6 Å². The van der Waals surface area contributed by atoms with E-state index >= 15 is 0 Å². The van der Waals surface area contributed by atoms with E-state index < -0.39 is 0 Å². The monoisotopic (exact) mass is 568 g/mol. The predicted octanol–water partition coefficient (Wildman–Crippen LogP) is 9.46. The van der Waals surface area contributed by atoms with Crippen LogP contribution in [0.4, 0.5) is 0 Å². The van der Waals surface area contributed by atoms with Crippen molar-refractivity contribution in [2.75, 3.05) is 19.6 Å². The van der Waals surface area contributed by atoms with Gasteiger partial charge in [0.05, 0.1) is 11.4 Å². The second kappa shape index (κ2) is 14.6. The van der Waals surface area contributed by atoms with Crippen LogP contribution in [0.25, 0.3) is 0 Å². The first-order valence-corrected chi connectivity index (χ1v) is 16.5. The maximum atomic E-state index is 5.26. The van der Waals surface area contributed by atoms with Crippen LogP contribution in [0.1, 0.15) is 100 Å². The Kier molecular flexibility index (Phi) is 11.1. The van der Waals surface area contributed by atoms with Crippen LogP contribution in [0.3, 0.4) is 0 Å². The van der Waals surface area contributed by atoms with Gasteiger partial charge in [-0.05, 0) is 133 Å². The quantitative estimate of drug-likeness (QED) is 0.141. The van der Waals surface area contributed by atoms with E-state index in [2.05, 4.69) is 119 Å². The highest BCUT2D eigenvalue weighted by Gasteiger charge is 2.30. The Labute approximate surface area is 257 Å². The van der Waals surface area contributed by atoms with Crippen LogP contribution in [0.5, 0.6) is 0 Å². The molecule has 0 radical (unpaired) electrons. The lowest BCUT2D eigenvalue weighted by molar-refractivity contribution is 0.0789. The molecule has 1 saturated heterocycles. The molecule has 2 fully saturated rings. The maximum absolute atomic E-state index is 5.26. The number of aliphatic imine (C=N–C) groups is 1. The van der Waals surface area contributed by atoms with E-state index in [9.17, 15) is 0 Å². The lowest BCUT2D eigenvalue weighted by atomic mass is 9.88. The van der Waals surface area contributed by atoms with E-state index in [-0.39, 0.29) is 0 Å². The van der Waals surface area contributed by atoms with Gasteiger partial charge in [-0.2, -0.15) is 0 Å². The fraction of sp³-hybridized carbons (Fsp3) is 0.553. The molecule has 0 aromatic carbocycles. The number of rotatable bonds is 11. The standard InChI is InChI=1S/C38H56N4/c1-10-29(6)30(7)15-12-11-13-16-34(23-31(8)27(2)3)36-24-37(33-17-14-18-33)42-26-35(19-20-38(42)39-36)40-21-22-41(28(4)5)32(9)25-40/h15-16,19-20,23-24,26,28-29,32H,2,10-14,17-18,21-22,25H2,1,3-9H3/b30-15-,31-23+,34-16+/t29?,32-/m1/s1. The number of nitrogens with zero attached hydrogens (tertiary/aromatic N) is 4. The van der Waals surface area contributed by atoms with Gasteiger partial charge in [0.1, 0.15) is 5.84 Å². The molecule has 0 amide bonds. The Morgan fingerprint density at radius 3 is 2.43 bits per heavy atom. The van der Waals surface area contributed by atoms with Gasteiger partial charge in [-0.3, -0.25) is 9.80 Å². The second-order valence-corrected chi connectivity index (χ2v) is 13.2. The number of hydrogen-bond acceptors (Lipinski definition) is 4. The van der Waals surface area contributed by atoms with Crippen LogP contribution in [0.2, 0.25) is 0 Å². The van der Waals surface area contributed by atoms with Crippen molar-refractivity contribution in [1.82, 2.24) is 14.7 Å². The molecule has 1 saturated carbocycles. The number of hydrogen-bond donors (Lipinski definition) is 0. The Balaban J connectivity index is 1.59. The van der Waals surface area contributed by atoms with Crippen LogP contribution < -0.4 is 0 Å². The van der Waals surface area contributed by atoms with Crippen molar-refractivity contribution in [2.24, 2.45) is 10.9 Å². The zero-order valence-corrected chi connectivity index (χ0v) is 27.8. The van der Waals surface area contributed by atoms with Crippen LogP contribution in [0, 0.1) is 5.92 Å². The summed E-state index contributed by atoms with van der Waals surface area (Å²) in [6.45, 7) is 25.6. The summed E-state index contributed by atoms with van der Waals surface area (Å²) in [5.74, 6) is 1.70. The number of amidine groups is 1. The first-order chi connectivity index (χ1) is 20.1. The minimum absolute atomic E-state index is 0.547. The molecule has 228 valence electrons. The molecule has 0 bridgehead atoms. The molecule has 0 N–H and O–H groups in total. The SMILES string of the molecule is C=C(C)/C(C)=C/C(=C\CCC/C=C(/C)C(C)CC)C1=CC(=C2CCC2)N2C=C(N3CCN(C(C)C)[C@H](C)C3)C=CC2=N1. The Hall–Kier alpha value is -2.85. The first-order valence-electron chi connectivity index (χ1n) is 16.5. The first kappa shape index (κ1) is 32.1. The molecule has 0 spiro atoms. The third kappa shape index (κ3) is 7.75. The molecule has 4 heteroatoms. The summed E-state index contributed by atoms with van der Waals surface area (Å²) in [7, 11) is 0. The normalized spacial score (nSPS) is 23.0. The van der Waals surface area contributed by atoms with E-state index in [1.807, 2.05) is 0 Å². The van der Waals surface area contributed by atoms with Crippen LogP contribution >= 0.6 is 0 Å². The van der Waals surface area contributed by atoms with Gasteiger partial charge in [0.15, 0.2) is 0 Å². The van der Waals surface area contributed by atoms with E-state index in [0.29, 0.717) is 18.0 Å². The molecule has 4 nitrogen and oxygen atoms in total. The minimum Gasteiger partial charge on any atom is -0.367 e. The van der Waals surface area contributed by atoms with Crippen molar-refractivity contribution in [3.63, 3.8) is 0 Å². The Morgan fingerprint density at radius 1 is 1.07 bits per heavy atom. The number of piperazine rings is 1. The van der Waals surface area contributed by atoms with Gasteiger partial charge in [-0.25, -0.2) is 4.99 Å². The summed E-state index contributed by atoms with van der Waals surface area (Å²) < 4.78 is 0. The zero-order valence-electron chi connectivity index (χ0n) is 27.8. The Bertz CT molecular complexity index is 1260. The highest BCUT2D eigenvalue weighted by molar-refractivity contribution is 5.99. The molecule has 3 heterocycles. The van der Waals surface area contributed by atoms with E-state index in [1.54, 1.807) is 5.57 Å². The van der Waals surface area contributed by atoms with Crippen LogP contribution in [0.15, 0.2) is 99.2 Å². The van der Waals surface area contributed by atoms with E-state index in [1.165, 1.54) is 53.8 Å². The summed E-state index contributed by atoms with van der Waals surface area (Å²) in [5.41, 5.74) is 10.3. The van der Waals surface area contributed by atoms with Crippen molar-refractivity contribution in [3.05, 3.63) is 94.2 Å². The number of fused-ring (bicyclic) bond motifs is 1. The molecule has 1 aliphatic carbocycles. The van der Waals surface area contributed by atoms with Crippen molar-refractivity contribution in [1.29, 1.82) is 0 Å². The highest BCUT2D eigenvalue weighted by Crippen LogP contribution is 2.37. The summed E-state index contributed by atoms with van der Waals surface area (Å²) in [4.78, 5) is 12.8. The summed E-state index contributed by atoms with van der Waals surface area (Å²) >= 11 is 0. The summed E-state index contributed by atoms with van der Waals surface area (Å²) in [6.07, 6.45) is 24.5. The number of allylic oxidation sites excluding steroid dienone is 9. The second-order valence-electron chi connectivity index (χ2n) is 13.2. The van der Waals surface area contributed by atoms with Gasteiger partial charge in [0.25, 0.3) is 0 Å². The lowest BCUT2D eigenvalue weighted by Crippen LogP contribution is -2.53. The Morgan fingerprint density at radius 2 is 1.81 bits per heavy atom. The molecule has 4 rings (SSSR count). The van der Waals surface area contributed by atoms with Crippen LogP contribution in [-0.2, 0) is 0 Å². The van der Waals surface area contributed by atoms with Crippen molar-refractivity contribution < 1.29 is 0 Å². The minimum atomic E-state index is 0.547. The molecule has 42 heavy (non-hydrogen) atoms. The van der Waals surface area contributed by atoms with Crippen LogP contribution in [-0.4, -0.2) is 52.3 Å². The molecule has 1 unspecified atom stereocenters. The molecule has 4 aliphatic rings. The average molecular weight is 569 g/mol. The van der Waals surface area contributed by atoms with Gasteiger partial charge >= 0.3 is 0 Å². The van der Waals surface area contributed by atoms with Crippen molar-refractivity contribution >= 4 is 5.84 Å². The third-order valence-corrected chi connectivity index (χ3v) is 9.68. The average Bonchev–Trinajstić information content (AvgIpc) is 2.94. The molecular weight excluding hydrogens is 512 g/mol.